The van der Waals surface area contributed by atoms with Gasteiger partial charge in [0.2, 0.25) is 15.9 Å². The first-order chi connectivity index (χ1) is 11.8. The van der Waals surface area contributed by atoms with Gasteiger partial charge in [0.15, 0.2) is 0 Å². The fourth-order valence-electron chi connectivity index (χ4n) is 3.78. The summed E-state index contributed by atoms with van der Waals surface area (Å²) in [6.45, 7) is 2.36. The van der Waals surface area contributed by atoms with Gasteiger partial charge in [0.1, 0.15) is 0 Å². The Balaban J connectivity index is 1.76. The smallest absolute Gasteiger partial charge is 0.240 e. The summed E-state index contributed by atoms with van der Waals surface area (Å²) in [5.41, 5.74) is 7.66. The van der Waals surface area contributed by atoms with Gasteiger partial charge in [0.05, 0.1) is 4.90 Å². The zero-order chi connectivity index (χ0) is 18.1. The fraction of sp³-hybridized carbons (Fsp3) is 0.611. The molecule has 7 heteroatoms. The molecule has 25 heavy (non-hydrogen) atoms. The Kier molecular flexibility index (Phi) is 5.18. The molecule has 1 amide bonds. The minimum Gasteiger partial charge on any atom is -0.324 e. The van der Waals surface area contributed by atoms with Gasteiger partial charge < -0.3 is 10.6 Å². The number of nitrogens with zero attached hydrogens (tertiary/aromatic N) is 1. The number of benzene rings is 1. The molecule has 0 aromatic heterocycles. The van der Waals surface area contributed by atoms with Crippen molar-refractivity contribution < 1.29 is 13.2 Å². The van der Waals surface area contributed by atoms with Gasteiger partial charge in [0, 0.05) is 31.2 Å². The molecule has 0 bridgehead atoms. The van der Waals surface area contributed by atoms with Crippen LogP contribution in [0.1, 0.15) is 51.0 Å². The number of nitrogens with one attached hydrogen (secondary N) is 1. The van der Waals surface area contributed by atoms with E-state index in [0.717, 1.165) is 50.5 Å². The Morgan fingerprint density at radius 3 is 2.56 bits per heavy atom. The van der Waals surface area contributed by atoms with Crippen LogP contribution in [0.2, 0.25) is 0 Å². The standard InChI is InChI=1S/C18H27N3O3S/c1-14(22)21-11-8-15-6-7-16(12-17(15)21)25(23,24)20-13-18(19)9-4-2-3-5-10-18/h6-7,12,20H,2-5,8-11,13,19H2,1H3. The van der Waals surface area contributed by atoms with Crippen molar-refractivity contribution in [3.05, 3.63) is 23.8 Å². The second-order valence-electron chi connectivity index (χ2n) is 7.31. The molecule has 138 valence electrons. The monoisotopic (exact) mass is 365 g/mol. The van der Waals surface area contributed by atoms with Crippen LogP contribution in [0.15, 0.2) is 23.1 Å². The van der Waals surface area contributed by atoms with Crippen LogP contribution in [-0.4, -0.2) is 33.0 Å². The van der Waals surface area contributed by atoms with Gasteiger partial charge in [-0.1, -0.05) is 31.7 Å². The Hall–Kier alpha value is -1.44. The van der Waals surface area contributed by atoms with E-state index in [-0.39, 0.29) is 17.3 Å². The number of fused-ring (bicyclic) bond motifs is 1. The third kappa shape index (κ3) is 4.04. The Bertz CT molecular complexity index is 753. The molecule has 0 spiro atoms. The van der Waals surface area contributed by atoms with E-state index >= 15 is 0 Å². The molecule has 0 saturated heterocycles. The molecule has 0 unspecified atom stereocenters. The first kappa shape index (κ1) is 18.4. The number of hydrogen-bond donors (Lipinski definition) is 2. The minimum absolute atomic E-state index is 0.0689. The van der Waals surface area contributed by atoms with Crippen LogP contribution in [0.5, 0.6) is 0 Å². The van der Waals surface area contributed by atoms with Gasteiger partial charge >= 0.3 is 0 Å². The third-order valence-electron chi connectivity index (χ3n) is 5.36. The van der Waals surface area contributed by atoms with E-state index < -0.39 is 15.6 Å². The molecule has 0 radical (unpaired) electrons. The molecular weight excluding hydrogens is 338 g/mol. The fourth-order valence-corrected chi connectivity index (χ4v) is 4.94. The topological polar surface area (TPSA) is 92.5 Å². The van der Waals surface area contributed by atoms with Crippen molar-refractivity contribution in [2.45, 2.75) is 62.3 Å². The van der Waals surface area contributed by atoms with Crippen molar-refractivity contribution in [2.75, 3.05) is 18.0 Å². The highest BCUT2D eigenvalue weighted by Gasteiger charge is 2.29. The molecule has 3 N–H and O–H groups in total. The molecule has 3 rings (SSSR count). The SMILES string of the molecule is CC(=O)N1CCc2ccc(S(=O)(=O)NCC3(N)CCCCCC3)cc21. The van der Waals surface area contributed by atoms with Gasteiger partial charge in [-0.15, -0.1) is 0 Å². The van der Waals surface area contributed by atoms with Crippen LogP contribution >= 0.6 is 0 Å². The molecular formula is C18H27N3O3S. The Morgan fingerprint density at radius 1 is 1.24 bits per heavy atom. The summed E-state index contributed by atoms with van der Waals surface area (Å²) in [7, 11) is -3.65. The predicted octanol–water partition coefficient (Wildman–Crippen LogP) is 1.93. The van der Waals surface area contributed by atoms with Crippen LogP contribution in [0.3, 0.4) is 0 Å². The van der Waals surface area contributed by atoms with Gasteiger partial charge in [-0.05, 0) is 37.0 Å². The highest BCUT2D eigenvalue weighted by atomic mass is 32.2. The van der Waals surface area contributed by atoms with Crippen molar-refractivity contribution in [3.8, 4) is 0 Å². The molecule has 1 fully saturated rings. The lowest BCUT2D eigenvalue weighted by Gasteiger charge is -2.28. The molecule has 1 saturated carbocycles. The number of anilines is 1. The number of amides is 1. The van der Waals surface area contributed by atoms with Crippen LogP contribution in [-0.2, 0) is 21.2 Å². The maximum Gasteiger partial charge on any atom is 0.240 e. The Labute approximate surface area is 149 Å². The summed E-state index contributed by atoms with van der Waals surface area (Å²) in [5, 5.41) is 0. The average molecular weight is 365 g/mol. The second kappa shape index (κ2) is 7.05. The number of hydrogen-bond acceptors (Lipinski definition) is 4. The second-order valence-corrected chi connectivity index (χ2v) is 9.08. The van der Waals surface area contributed by atoms with Crippen molar-refractivity contribution in [2.24, 2.45) is 5.73 Å². The van der Waals surface area contributed by atoms with Crippen molar-refractivity contribution >= 4 is 21.6 Å². The van der Waals surface area contributed by atoms with E-state index in [2.05, 4.69) is 4.72 Å². The zero-order valence-corrected chi connectivity index (χ0v) is 15.6. The van der Waals surface area contributed by atoms with Crippen LogP contribution in [0, 0.1) is 0 Å². The van der Waals surface area contributed by atoms with Gasteiger partial charge in [0.25, 0.3) is 0 Å². The number of nitrogens with two attached hydrogens (primary N) is 1. The molecule has 2 aliphatic rings. The van der Waals surface area contributed by atoms with E-state index in [4.69, 9.17) is 5.73 Å². The van der Waals surface area contributed by atoms with Gasteiger partial charge in [-0.3, -0.25) is 4.79 Å². The van der Waals surface area contributed by atoms with Crippen LogP contribution in [0.25, 0.3) is 0 Å². The molecule has 0 atom stereocenters. The minimum atomic E-state index is -3.65. The maximum absolute atomic E-state index is 12.7. The van der Waals surface area contributed by atoms with Crippen molar-refractivity contribution in [1.82, 2.24) is 4.72 Å². The van der Waals surface area contributed by atoms with E-state index in [1.807, 2.05) is 0 Å². The lowest BCUT2D eigenvalue weighted by atomic mass is 9.92. The van der Waals surface area contributed by atoms with Crippen LogP contribution < -0.4 is 15.4 Å². The van der Waals surface area contributed by atoms with Crippen LogP contribution in [0.4, 0.5) is 5.69 Å². The Morgan fingerprint density at radius 2 is 1.92 bits per heavy atom. The van der Waals surface area contributed by atoms with E-state index in [0.29, 0.717) is 12.2 Å². The van der Waals surface area contributed by atoms with Crippen molar-refractivity contribution in [1.29, 1.82) is 0 Å². The summed E-state index contributed by atoms with van der Waals surface area (Å²) >= 11 is 0. The lowest BCUT2D eigenvalue weighted by molar-refractivity contribution is -0.116. The highest BCUT2D eigenvalue weighted by Crippen LogP contribution is 2.31. The zero-order valence-electron chi connectivity index (χ0n) is 14.8. The normalized spacial score (nSPS) is 20.2. The summed E-state index contributed by atoms with van der Waals surface area (Å²) in [6.07, 6.45) is 6.87. The first-order valence-electron chi connectivity index (χ1n) is 9.00. The largest absolute Gasteiger partial charge is 0.324 e. The molecule has 1 aliphatic heterocycles. The summed E-state index contributed by atoms with van der Waals surface area (Å²) < 4.78 is 28.1. The first-order valence-corrected chi connectivity index (χ1v) is 10.5. The summed E-state index contributed by atoms with van der Waals surface area (Å²) in [4.78, 5) is 13.5. The third-order valence-corrected chi connectivity index (χ3v) is 6.76. The summed E-state index contributed by atoms with van der Waals surface area (Å²) in [6, 6.07) is 5.01. The molecule has 1 aliphatic carbocycles. The summed E-state index contributed by atoms with van der Waals surface area (Å²) in [5.74, 6) is -0.0689. The molecule has 1 heterocycles. The lowest BCUT2D eigenvalue weighted by Crippen LogP contribution is -2.49. The van der Waals surface area contributed by atoms with E-state index in [9.17, 15) is 13.2 Å². The predicted molar refractivity (Wildman–Crippen MR) is 98.0 cm³/mol. The number of rotatable bonds is 4. The molecule has 1 aromatic carbocycles. The van der Waals surface area contributed by atoms with Gasteiger partial charge in [-0.25, -0.2) is 13.1 Å². The average Bonchev–Trinajstić information content (AvgIpc) is 2.88. The van der Waals surface area contributed by atoms with Gasteiger partial charge in [-0.2, -0.15) is 0 Å². The molecule has 1 aromatic rings. The quantitative estimate of drug-likeness (QED) is 0.798. The highest BCUT2D eigenvalue weighted by molar-refractivity contribution is 7.89. The number of carbonyl (C=O) groups is 1. The van der Waals surface area contributed by atoms with Crippen molar-refractivity contribution in [3.63, 3.8) is 0 Å². The maximum atomic E-state index is 12.7. The number of carbonyl (C=O) groups excluding carboxylic acids is 1. The number of sulfonamides is 1. The van der Waals surface area contributed by atoms with E-state index in [1.54, 1.807) is 23.1 Å². The molecule has 6 nitrogen and oxygen atoms in total. The van der Waals surface area contributed by atoms with E-state index in [1.165, 1.54) is 6.92 Å².